The molecule has 0 aliphatic heterocycles. The summed E-state index contributed by atoms with van der Waals surface area (Å²) in [5.41, 5.74) is -1.00. The van der Waals surface area contributed by atoms with Crippen molar-refractivity contribution in [2.24, 2.45) is 0 Å². The molecule has 0 N–H and O–H groups in total. The van der Waals surface area contributed by atoms with Gasteiger partial charge >= 0.3 is 6.18 Å². The van der Waals surface area contributed by atoms with E-state index in [-0.39, 0.29) is 5.56 Å². The molecule has 1 aliphatic rings. The zero-order chi connectivity index (χ0) is 11.1. The zero-order valence-corrected chi connectivity index (χ0v) is 8.27. The summed E-state index contributed by atoms with van der Waals surface area (Å²) in [7, 11) is 1.46. The van der Waals surface area contributed by atoms with Crippen molar-refractivity contribution in [3.05, 3.63) is 35.4 Å². The fourth-order valence-corrected chi connectivity index (χ4v) is 1.82. The van der Waals surface area contributed by atoms with Crippen LogP contribution in [0.15, 0.2) is 24.3 Å². The molecular weight excluding hydrogens is 205 g/mol. The summed E-state index contributed by atoms with van der Waals surface area (Å²) in [4.78, 5) is 0. The van der Waals surface area contributed by atoms with E-state index in [0.717, 1.165) is 6.07 Å². The molecule has 0 radical (unpaired) electrons. The molecule has 0 saturated heterocycles. The second-order valence-corrected chi connectivity index (χ2v) is 3.74. The topological polar surface area (TPSA) is 9.23 Å². The van der Waals surface area contributed by atoms with Crippen LogP contribution < -0.4 is 0 Å². The van der Waals surface area contributed by atoms with Gasteiger partial charge in [0.05, 0.1) is 11.2 Å². The Balaban J connectivity index is 2.48. The van der Waals surface area contributed by atoms with E-state index in [0.29, 0.717) is 12.8 Å². The van der Waals surface area contributed by atoms with Crippen LogP contribution in [0, 0.1) is 0 Å². The molecule has 82 valence electrons. The Morgan fingerprint density at radius 1 is 1.20 bits per heavy atom. The third-order valence-electron chi connectivity index (χ3n) is 2.82. The van der Waals surface area contributed by atoms with Crippen molar-refractivity contribution in [1.82, 2.24) is 0 Å². The molecule has 1 aromatic carbocycles. The van der Waals surface area contributed by atoms with Gasteiger partial charge in [-0.15, -0.1) is 0 Å². The smallest absolute Gasteiger partial charge is 0.374 e. The third-order valence-corrected chi connectivity index (χ3v) is 2.82. The van der Waals surface area contributed by atoms with Crippen LogP contribution in [0.5, 0.6) is 0 Å². The lowest BCUT2D eigenvalue weighted by Crippen LogP contribution is -2.17. The summed E-state index contributed by atoms with van der Waals surface area (Å²) in [6, 6.07) is 5.62. The third kappa shape index (κ3) is 1.74. The number of hydrogen-bond donors (Lipinski definition) is 0. The van der Waals surface area contributed by atoms with E-state index < -0.39 is 17.3 Å². The molecule has 0 amide bonds. The molecule has 1 fully saturated rings. The van der Waals surface area contributed by atoms with Gasteiger partial charge in [0, 0.05) is 7.11 Å². The molecule has 1 aromatic rings. The van der Waals surface area contributed by atoms with Gasteiger partial charge in [0.1, 0.15) is 0 Å². The van der Waals surface area contributed by atoms with Crippen molar-refractivity contribution < 1.29 is 17.9 Å². The predicted octanol–water partition coefficient (Wildman–Crippen LogP) is 3.34. The number of ether oxygens (including phenoxy) is 1. The SMILES string of the molecule is COC1(c2ccccc2C(F)(F)F)CC1. The Kier molecular flexibility index (Phi) is 2.26. The number of rotatable bonds is 2. The standard InChI is InChI=1S/C11H11F3O/c1-15-10(6-7-10)8-4-2-3-5-9(8)11(12,13)14/h2-5H,6-7H2,1H3. The quantitative estimate of drug-likeness (QED) is 0.736. The first-order valence-corrected chi connectivity index (χ1v) is 4.71. The van der Waals surface area contributed by atoms with Crippen molar-refractivity contribution in [1.29, 1.82) is 0 Å². The average molecular weight is 216 g/mol. The van der Waals surface area contributed by atoms with Crippen LogP contribution >= 0.6 is 0 Å². The molecule has 15 heavy (non-hydrogen) atoms. The number of benzene rings is 1. The monoisotopic (exact) mass is 216 g/mol. The van der Waals surface area contributed by atoms with Crippen LogP contribution in [0.3, 0.4) is 0 Å². The summed E-state index contributed by atoms with van der Waals surface area (Å²) < 4.78 is 43.2. The number of alkyl halides is 3. The second kappa shape index (κ2) is 3.23. The van der Waals surface area contributed by atoms with Crippen LogP contribution in [0.25, 0.3) is 0 Å². The summed E-state index contributed by atoms with van der Waals surface area (Å²) in [6.45, 7) is 0. The van der Waals surface area contributed by atoms with Crippen LogP contribution in [0.2, 0.25) is 0 Å². The molecule has 0 aromatic heterocycles. The minimum Gasteiger partial charge on any atom is -0.374 e. The maximum Gasteiger partial charge on any atom is 0.416 e. The van der Waals surface area contributed by atoms with E-state index in [1.165, 1.54) is 19.2 Å². The van der Waals surface area contributed by atoms with Crippen molar-refractivity contribution in [3.8, 4) is 0 Å². The van der Waals surface area contributed by atoms with Gasteiger partial charge in [0.15, 0.2) is 0 Å². The maximum absolute atomic E-state index is 12.7. The van der Waals surface area contributed by atoms with E-state index in [2.05, 4.69) is 0 Å². The molecule has 2 rings (SSSR count). The van der Waals surface area contributed by atoms with Gasteiger partial charge in [0.25, 0.3) is 0 Å². The summed E-state index contributed by atoms with van der Waals surface area (Å²) in [5, 5.41) is 0. The van der Waals surface area contributed by atoms with Crippen LogP contribution in [-0.2, 0) is 16.5 Å². The molecule has 0 spiro atoms. The summed E-state index contributed by atoms with van der Waals surface area (Å²) in [5.74, 6) is 0. The van der Waals surface area contributed by atoms with Crippen LogP contribution in [-0.4, -0.2) is 7.11 Å². The Morgan fingerprint density at radius 2 is 1.80 bits per heavy atom. The average Bonchev–Trinajstić information content (AvgIpc) is 2.97. The number of hydrogen-bond acceptors (Lipinski definition) is 1. The van der Waals surface area contributed by atoms with Gasteiger partial charge < -0.3 is 4.74 Å². The maximum atomic E-state index is 12.7. The normalized spacial score (nSPS) is 18.9. The van der Waals surface area contributed by atoms with E-state index in [9.17, 15) is 13.2 Å². The molecule has 4 heteroatoms. The predicted molar refractivity (Wildman–Crippen MR) is 49.4 cm³/mol. The van der Waals surface area contributed by atoms with Gasteiger partial charge in [-0.25, -0.2) is 0 Å². The molecule has 0 bridgehead atoms. The summed E-state index contributed by atoms with van der Waals surface area (Å²) >= 11 is 0. The Labute approximate surface area is 85.9 Å². The van der Waals surface area contributed by atoms with E-state index in [4.69, 9.17) is 4.74 Å². The van der Waals surface area contributed by atoms with E-state index in [1.54, 1.807) is 6.07 Å². The molecular formula is C11H11F3O. The first-order chi connectivity index (χ1) is 6.99. The Morgan fingerprint density at radius 3 is 2.27 bits per heavy atom. The molecule has 0 heterocycles. The zero-order valence-electron chi connectivity index (χ0n) is 8.27. The fraction of sp³-hybridized carbons (Fsp3) is 0.455. The first kappa shape index (κ1) is 10.5. The lowest BCUT2D eigenvalue weighted by Gasteiger charge is -2.19. The van der Waals surface area contributed by atoms with Crippen molar-refractivity contribution in [3.63, 3.8) is 0 Å². The Bertz CT molecular complexity index is 366. The highest BCUT2D eigenvalue weighted by Crippen LogP contribution is 2.52. The largest absolute Gasteiger partial charge is 0.416 e. The van der Waals surface area contributed by atoms with Crippen molar-refractivity contribution in [2.75, 3.05) is 7.11 Å². The highest BCUT2D eigenvalue weighted by atomic mass is 19.4. The van der Waals surface area contributed by atoms with Gasteiger partial charge in [-0.1, -0.05) is 18.2 Å². The molecule has 0 atom stereocenters. The van der Waals surface area contributed by atoms with Gasteiger partial charge in [-0.2, -0.15) is 13.2 Å². The lowest BCUT2D eigenvalue weighted by atomic mass is 10.0. The minimum absolute atomic E-state index is 0.264. The number of halogens is 3. The van der Waals surface area contributed by atoms with Crippen molar-refractivity contribution >= 4 is 0 Å². The highest BCUT2D eigenvalue weighted by Gasteiger charge is 2.49. The molecule has 1 aliphatic carbocycles. The van der Waals surface area contributed by atoms with E-state index in [1.807, 2.05) is 0 Å². The van der Waals surface area contributed by atoms with Crippen LogP contribution in [0.4, 0.5) is 13.2 Å². The number of methoxy groups -OCH3 is 1. The fourth-order valence-electron chi connectivity index (χ4n) is 1.82. The van der Waals surface area contributed by atoms with E-state index >= 15 is 0 Å². The highest BCUT2D eigenvalue weighted by molar-refractivity contribution is 5.37. The molecule has 1 saturated carbocycles. The van der Waals surface area contributed by atoms with Gasteiger partial charge in [-0.05, 0) is 24.5 Å². The molecule has 1 nitrogen and oxygen atoms in total. The Hall–Kier alpha value is -1.03. The second-order valence-electron chi connectivity index (χ2n) is 3.74. The van der Waals surface area contributed by atoms with Crippen LogP contribution in [0.1, 0.15) is 24.0 Å². The van der Waals surface area contributed by atoms with Gasteiger partial charge in [0.2, 0.25) is 0 Å². The van der Waals surface area contributed by atoms with Crippen molar-refractivity contribution in [2.45, 2.75) is 24.6 Å². The van der Waals surface area contributed by atoms with Gasteiger partial charge in [-0.3, -0.25) is 0 Å². The lowest BCUT2D eigenvalue weighted by molar-refractivity contribution is -0.139. The first-order valence-electron chi connectivity index (χ1n) is 4.71. The summed E-state index contributed by atoms with van der Waals surface area (Å²) in [6.07, 6.45) is -2.97. The minimum atomic E-state index is -4.30. The molecule has 0 unspecified atom stereocenters.